The number of aliphatic carboxylic acids is 1. The lowest BCUT2D eigenvalue weighted by molar-refractivity contribution is -0.131. The first-order chi connectivity index (χ1) is 19.3. The minimum absolute atomic E-state index is 0.0540. The van der Waals surface area contributed by atoms with Crippen LogP contribution in [0, 0.1) is 0 Å². The summed E-state index contributed by atoms with van der Waals surface area (Å²) in [7, 11) is 0. The molecular weight excluding hydrogens is 512 g/mol. The zero-order valence-corrected chi connectivity index (χ0v) is 21.7. The third-order valence-electron chi connectivity index (χ3n) is 7.26. The average molecular weight is 543 g/mol. The summed E-state index contributed by atoms with van der Waals surface area (Å²) >= 11 is 0. The lowest BCUT2D eigenvalue weighted by atomic mass is 9.95. The summed E-state index contributed by atoms with van der Waals surface area (Å²) in [5.74, 6) is -1.69. The molecule has 2 amide bonds. The van der Waals surface area contributed by atoms with Crippen LogP contribution in [0.4, 0.5) is 0 Å². The van der Waals surface area contributed by atoms with Crippen molar-refractivity contribution in [1.29, 1.82) is 0 Å². The summed E-state index contributed by atoms with van der Waals surface area (Å²) in [6.45, 7) is 0. The smallest absolute Gasteiger partial charge is 0.328 e. The number of benzene rings is 2. The van der Waals surface area contributed by atoms with Crippen LogP contribution < -0.4 is 11.1 Å². The minimum Gasteiger partial charge on any atom is -0.507 e. The number of primary amides is 1. The maximum Gasteiger partial charge on any atom is 0.328 e. The standard InChI is InChI=1S/C30H30N4O6/c31-28(38)24(15-18-6-10-26(35)19(14-18)8-11-27(36)37)33-30(39)20-7-9-25-23(16-20)32-29(21-12-13-40-17-21)34(25)22-4-2-1-3-5-22/h6-14,16-17,22,24,35H,1-5,15H2,(H2,31,38)(H,33,39)(H,36,37)/b11-8+/t24-/m0/s1. The molecule has 10 nitrogen and oxygen atoms in total. The first-order valence-electron chi connectivity index (χ1n) is 13.2. The van der Waals surface area contributed by atoms with E-state index in [0.29, 0.717) is 22.7 Å². The van der Waals surface area contributed by atoms with Crippen molar-refractivity contribution in [2.45, 2.75) is 50.6 Å². The summed E-state index contributed by atoms with van der Waals surface area (Å²) in [6.07, 6.45) is 11.1. The number of carboxylic acid groups (broad SMARTS) is 1. The van der Waals surface area contributed by atoms with E-state index in [1.54, 1.807) is 30.7 Å². The number of carbonyl (C=O) groups is 3. The van der Waals surface area contributed by atoms with Crippen LogP contribution >= 0.6 is 0 Å². The fourth-order valence-electron chi connectivity index (χ4n) is 5.27. The minimum atomic E-state index is -1.16. The third kappa shape index (κ3) is 5.75. The normalized spacial score (nSPS) is 14.9. The highest BCUT2D eigenvalue weighted by atomic mass is 16.4. The second-order valence-electron chi connectivity index (χ2n) is 10.0. The summed E-state index contributed by atoms with van der Waals surface area (Å²) in [6, 6.07) is 11.0. The number of amides is 2. The summed E-state index contributed by atoms with van der Waals surface area (Å²) in [4.78, 5) is 41.2. The SMILES string of the molecule is NC(=O)[C@H](Cc1ccc(O)c(/C=C/C(=O)O)c1)NC(=O)c1ccc2c(c1)nc(-c1ccoc1)n2C1CCCCC1. The Labute approximate surface area is 230 Å². The highest BCUT2D eigenvalue weighted by molar-refractivity contribution is 6.00. The fraction of sp³-hybridized carbons (Fsp3) is 0.267. The second-order valence-corrected chi connectivity index (χ2v) is 10.0. The Morgan fingerprint density at radius 2 is 1.93 bits per heavy atom. The molecule has 5 N–H and O–H groups in total. The Kier molecular flexibility index (Phi) is 7.68. The van der Waals surface area contributed by atoms with Gasteiger partial charge in [-0.3, -0.25) is 9.59 Å². The molecule has 5 rings (SSSR count). The van der Waals surface area contributed by atoms with Crippen molar-refractivity contribution in [3.8, 4) is 17.1 Å². The largest absolute Gasteiger partial charge is 0.507 e. The van der Waals surface area contributed by atoms with Crippen LogP contribution in [0.15, 0.2) is 65.5 Å². The van der Waals surface area contributed by atoms with Gasteiger partial charge in [-0.15, -0.1) is 0 Å². The van der Waals surface area contributed by atoms with Gasteiger partial charge in [0, 0.05) is 29.7 Å². The van der Waals surface area contributed by atoms with E-state index in [1.165, 1.54) is 24.6 Å². The molecule has 1 atom stereocenters. The van der Waals surface area contributed by atoms with Crippen molar-refractivity contribution in [3.05, 3.63) is 77.8 Å². The number of nitrogens with zero attached hydrogens (tertiary/aromatic N) is 2. The lowest BCUT2D eigenvalue weighted by Gasteiger charge is -2.25. The first kappa shape index (κ1) is 26.7. The van der Waals surface area contributed by atoms with Gasteiger partial charge in [-0.05, 0) is 60.9 Å². The monoisotopic (exact) mass is 542 g/mol. The number of fused-ring (bicyclic) bond motifs is 1. The zero-order chi connectivity index (χ0) is 28.2. The van der Waals surface area contributed by atoms with Gasteiger partial charge in [0.2, 0.25) is 5.91 Å². The molecule has 1 saturated carbocycles. The molecule has 0 unspecified atom stereocenters. The average Bonchev–Trinajstić information content (AvgIpc) is 3.61. The van der Waals surface area contributed by atoms with Crippen molar-refractivity contribution < 1.29 is 29.0 Å². The van der Waals surface area contributed by atoms with Crippen LogP contribution in [-0.2, 0) is 16.0 Å². The number of carboxylic acids is 1. The molecule has 0 spiro atoms. The molecule has 0 radical (unpaired) electrons. The van der Waals surface area contributed by atoms with Crippen LogP contribution in [0.1, 0.15) is 59.6 Å². The van der Waals surface area contributed by atoms with Crippen LogP contribution in [0.5, 0.6) is 5.75 Å². The number of furan rings is 1. The molecule has 2 aromatic carbocycles. The molecule has 0 bridgehead atoms. The molecule has 206 valence electrons. The molecular formula is C30H30N4O6. The summed E-state index contributed by atoms with van der Waals surface area (Å²) in [5, 5.41) is 21.6. The van der Waals surface area contributed by atoms with Gasteiger partial charge in [0.05, 0.1) is 22.9 Å². The number of nitrogens with two attached hydrogens (primary N) is 1. The number of carbonyl (C=O) groups excluding carboxylic acids is 2. The second kappa shape index (κ2) is 11.5. The molecule has 1 fully saturated rings. The number of phenols is 1. The Bertz CT molecular complexity index is 1580. The van der Waals surface area contributed by atoms with Gasteiger partial charge >= 0.3 is 5.97 Å². The first-order valence-corrected chi connectivity index (χ1v) is 13.2. The van der Waals surface area contributed by atoms with E-state index in [9.17, 15) is 19.5 Å². The number of nitrogens with one attached hydrogen (secondary N) is 1. The Morgan fingerprint density at radius 3 is 2.62 bits per heavy atom. The molecule has 2 aromatic heterocycles. The topological polar surface area (TPSA) is 161 Å². The summed E-state index contributed by atoms with van der Waals surface area (Å²) < 4.78 is 7.56. The van der Waals surface area contributed by atoms with E-state index < -0.39 is 23.8 Å². The molecule has 0 saturated heterocycles. The molecule has 0 aliphatic heterocycles. The lowest BCUT2D eigenvalue weighted by Crippen LogP contribution is -2.45. The van der Waals surface area contributed by atoms with Crippen LogP contribution in [0.25, 0.3) is 28.5 Å². The van der Waals surface area contributed by atoms with E-state index in [4.69, 9.17) is 20.2 Å². The van der Waals surface area contributed by atoms with Crippen LogP contribution in [0.2, 0.25) is 0 Å². The van der Waals surface area contributed by atoms with Crippen LogP contribution in [-0.4, -0.2) is 43.6 Å². The number of rotatable bonds is 9. The van der Waals surface area contributed by atoms with E-state index in [1.807, 2.05) is 12.1 Å². The molecule has 1 aliphatic rings. The van der Waals surface area contributed by atoms with Crippen LogP contribution in [0.3, 0.4) is 0 Å². The number of hydrogen-bond donors (Lipinski definition) is 4. The molecule has 40 heavy (non-hydrogen) atoms. The Balaban J connectivity index is 1.40. The Morgan fingerprint density at radius 1 is 1.12 bits per heavy atom. The maximum atomic E-state index is 13.2. The number of phenolic OH excluding ortho intramolecular Hbond substituents is 1. The third-order valence-corrected chi connectivity index (χ3v) is 7.26. The van der Waals surface area contributed by atoms with Crippen molar-refractivity contribution >= 4 is 34.9 Å². The van der Waals surface area contributed by atoms with Gasteiger partial charge in [0.25, 0.3) is 5.91 Å². The highest BCUT2D eigenvalue weighted by Crippen LogP contribution is 2.36. The summed E-state index contributed by atoms with van der Waals surface area (Å²) in [5.41, 5.74) is 9.25. The highest BCUT2D eigenvalue weighted by Gasteiger charge is 2.25. The number of aromatic hydroxyl groups is 1. The predicted molar refractivity (Wildman–Crippen MR) is 148 cm³/mol. The zero-order valence-electron chi connectivity index (χ0n) is 21.7. The van der Waals surface area contributed by atoms with Crippen molar-refractivity contribution in [2.24, 2.45) is 5.73 Å². The van der Waals surface area contributed by atoms with Crippen molar-refractivity contribution in [3.63, 3.8) is 0 Å². The van der Waals surface area contributed by atoms with E-state index >= 15 is 0 Å². The van der Waals surface area contributed by atoms with Gasteiger partial charge in [0.1, 0.15) is 23.9 Å². The van der Waals surface area contributed by atoms with Gasteiger partial charge in [-0.2, -0.15) is 0 Å². The molecule has 4 aromatic rings. The molecule has 2 heterocycles. The van der Waals surface area contributed by atoms with Gasteiger partial charge in [0.15, 0.2) is 0 Å². The maximum absolute atomic E-state index is 13.2. The van der Waals surface area contributed by atoms with E-state index in [0.717, 1.165) is 48.7 Å². The van der Waals surface area contributed by atoms with Gasteiger partial charge in [-0.25, -0.2) is 9.78 Å². The molecule has 10 heteroatoms. The van der Waals surface area contributed by atoms with E-state index in [-0.39, 0.29) is 17.7 Å². The van der Waals surface area contributed by atoms with E-state index in [2.05, 4.69) is 9.88 Å². The van der Waals surface area contributed by atoms with Crippen molar-refractivity contribution in [1.82, 2.24) is 14.9 Å². The predicted octanol–water partition coefficient (Wildman–Crippen LogP) is 4.43. The van der Waals surface area contributed by atoms with Gasteiger partial charge in [-0.1, -0.05) is 25.3 Å². The number of aromatic nitrogens is 2. The van der Waals surface area contributed by atoms with Gasteiger partial charge < -0.3 is 30.2 Å². The number of imidazole rings is 1. The molecule has 1 aliphatic carbocycles. The Hall–Kier alpha value is -4.86. The van der Waals surface area contributed by atoms with Crippen molar-refractivity contribution in [2.75, 3.05) is 0 Å². The fourth-order valence-corrected chi connectivity index (χ4v) is 5.27. The quantitative estimate of drug-likeness (QED) is 0.228. The number of hydrogen-bond acceptors (Lipinski definition) is 6.